The van der Waals surface area contributed by atoms with Crippen molar-refractivity contribution in [2.45, 2.75) is 4.90 Å². The average molecular weight is 313 g/mol. The quantitative estimate of drug-likeness (QED) is 0.581. The number of phenolic OH excluding ortho intramolecular Hbond substituents is 2. The minimum atomic E-state index is -4.27. The maximum absolute atomic E-state index is 12.2. The number of methoxy groups -OCH3 is 1. The Bertz CT molecular complexity index is 830. The Morgan fingerprint density at radius 1 is 1.33 bits per heavy atom. The van der Waals surface area contributed by atoms with Gasteiger partial charge < -0.3 is 19.9 Å². The van der Waals surface area contributed by atoms with E-state index in [4.69, 9.17) is 4.74 Å². The molecule has 1 aromatic heterocycles. The van der Waals surface area contributed by atoms with E-state index in [9.17, 15) is 23.4 Å². The summed E-state index contributed by atoms with van der Waals surface area (Å²) in [5, 5.41) is 18.9. The molecule has 21 heavy (non-hydrogen) atoms. The molecule has 0 saturated heterocycles. The molecule has 0 amide bonds. The Morgan fingerprint density at radius 2 is 2.05 bits per heavy atom. The van der Waals surface area contributed by atoms with Crippen molar-refractivity contribution >= 4 is 15.8 Å². The van der Waals surface area contributed by atoms with Crippen molar-refractivity contribution in [3.63, 3.8) is 0 Å². The molecule has 0 aliphatic carbocycles. The number of ether oxygens (including phenoxy) is 1. The standard InChI is InChI=1S/C11H11N3O6S/c1-20-11-10(13-8(16)5-12-11)14-21(18,19)7-4-2-3-6(15)9(7)17/h2-5,15,17H,1H3,(H2,13,14,16). The minimum absolute atomic E-state index is 0.155. The smallest absolute Gasteiger partial charge is 0.268 e. The zero-order chi connectivity index (χ0) is 15.6. The van der Waals surface area contributed by atoms with E-state index in [1.165, 1.54) is 13.2 Å². The van der Waals surface area contributed by atoms with E-state index < -0.39 is 32.0 Å². The molecule has 1 aromatic carbocycles. The lowest BCUT2D eigenvalue weighted by Gasteiger charge is -2.11. The first-order chi connectivity index (χ1) is 9.85. The molecule has 10 heteroatoms. The first kappa shape index (κ1) is 14.7. The molecule has 4 N–H and O–H groups in total. The molecule has 0 aliphatic rings. The molecule has 0 radical (unpaired) electrons. The number of anilines is 1. The van der Waals surface area contributed by atoms with Crippen LogP contribution in [0.4, 0.5) is 5.82 Å². The summed E-state index contributed by atoms with van der Waals surface area (Å²) in [6.45, 7) is 0. The van der Waals surface area contributed by atoms with E-state index in [1.807, 2.05) is 4.72 Å². The highest BCUT2D eigenvalue weighted by Crippen LogP contribution is 2.33. The second-order valence-electron chi connectivity index (χ2n) is 3.86. The molecule has 112 valence electrons. The maximum atomic E-state index is 12.2. The highest BCUT2D eigenvalue weighted by atomic mass is 32.2. The third-order valence-electron chi connectivity index (χ3n) is 2.46. The number of para-hydroxylation sites is 1. The highest BCUT2D eigenvalue weighted by Gasteiger charge is 2.23. The van der Waals surface area contributed by atoms with Crippen molar-refractivity contribution in [1.29, 1.82) is 0 Å². The van der Waals surface area contributed by atoms with Crippen LogP contribution in [0.2, 0.25) is 0 Å². The van der Waals surface area contributed by atoms with Crippen LogP contribution in [0.3, 0.4) is 0 Å². The van der Waals surface area contributed by atoms with E-state index in [2.05, 4.69) is 9.97 Å². The van der Waals surface area contributed by atoms with Gasteiger partial charge in [-0.2, -0.15) is 0 Å². The normalized spacial score (nSPS) is 11.1. The van der Waals surface area contributed by atoms with E-state index >= 15 is 0 Å². The molecule has 0 bridgehead atoms. The number of aromatic amines is 1. The van der Waals surface area contributed by atoms with E-state index in [-0.39, 0.29) is 11.7 Å². The summed E-state index contributed by atoms with van der Waals surface area (Å²) in [6.07, 6.45) is 0.919. The highest BCUT2D eigenvalue weighted by molar-refractivity contribution is 7.92. The number of sulfonamides is 1. The van der Waals surface area contributed by atoms with Crippen molar-refractivity contribution in [2.75, 3.05) is 11.8 Å². The number of aromatic hydroxyl groups is 2. The Hall–Kier alpha value is -2.75. The van der Waals surface area contributed by atoms with Crippen LogP contribution >= 0.6 is 0 Å². The fourth-order valence-corrected chi connectivity index (χ4v) is 2.67. The van der Waals surface area contributed by atoms with Gasteiger partial charge in [0.2, 0.25) is 0 Å². The Kier molecular flexibility index (Phi) is 3.72. The van der Waals surface area contributed by atoms with Crippen molar-refractivity contribution in [2.24, 2.45) is 0 Å². The van der Waals surface area contributed by atoms with Gasteiger partial charge in [0, 0.05) is 0 Å². The number of H-pyrrole nitrogens is 1. The number of aromatic nitrogens is 2. The number of nitrogens with zero attached hydrogens (tertiary/aromatic N) is 1. The van der Waals surface area contributed by atoms with Crippen LogP contribution in [0.15, 0.2) is 34.1 Å². The molecule has 0 unspecified atom stereocenters. The summed E-state index contributed by atoms with van der Waals surface area (Å²) < 4.78 is 31.2. The number of hydrogen-bond donors (Lipinski definition) is 4. The lowest BCUT2D eigenvalue weighted by atomic mass is 10.3. The molecule has 0 fully saturated rings. The van der Waals surface area contributed by atoms with Crippen molar-refractivity contribution in [3.8, 4) is 17.4 Å². The predicted octanol–water partition coefficient (Wildman–Crippen LogP) is -0.00950. The third-order valence-corrected chi connectivity index (χ3v) is 3.84. The zero-order valence-electron chi connectivity index (χ0n) is 10.7. The molecule has 0 atom stereocenters. The first-order valence-corrected chi connectivity index (χ1v) is 7.00. The Labute approximate surface area is 118 Å². The Balaban J connectivity index is 2.50. The van der Waals surface area contributed by atoms with E-state index in [1.54, 1.807) is 0 Å². The largest absolute Gasteiger partial charge is 0.504 e. The second kappa shape index (κ2) is 5.32. The number of benzene rings is 1. The van der Waals surface area contributed by atoms with Gasteiger partial charge in [0.1, 0.15) is 4.90 Å². The molecule has 0 saturated carbocycles. The molecule has 2 rings (SSSR count). The lowest BCUT2D eigenvalue weighted by molar-refractivity contribution is 0.393. The van der Waals surface area contributed by atoms with Gasteiger partial charge in [-0.15, -0.1) is 0 Å². The molecular weight excluding hydrogens is 302 g/mol. The molecule has 2 aromatic rings. The van der Waals surface area contributed by atoms with Crippen LogP contribution in [0.1, 0.15) is 0 Å². The molecule has 0 spiro atoms. The summed E-state index contributed by atoms with van der Waals surface area (Å²) in [5.41, 5.74) is -0.645. The fourth-order valence-electron chi connectivity index (χ4n) is 1.53. The van der Waals surface area contributed by atoms with Gasteiger partial charge >= 0.3 is 0 Å². The zero-order valence-corrected chi connectivity index (χ0v) is 11.5. The average Bonchev–Trinajstić information content (AvgIpc) is 2.41. The minimum Gasteiger partial charge on any atom is -0.504 e. The Morgan fingerprint density at radius 3 is 2.71 bits per heavy atom. The van der Waals surface area contributed by atoms with Crippen LogP contribution < -0.4 is 15.0 Å². The van der Waals surface area contributed by atoms with E-state index in [0.29, 0.717) is 0 Å². The van der Waals surface area contributed by atoms with Gasteiger partial charge in [0.25, 0.3) is 21.5 Å². The summed E-state index contributed by atoms with van der Waals surface area (Å²) in [4.78, 5) is 16.5. The van der Waals surface area contributed by atoms with Gasteiger partial charge in [0.05, 0.1) is 13.3 Å². The predicted molar refractivity (Wildman–Crippen MR) is 72.0 cm³/mol. The summed E-state index contributed by atoms with van der Waals surface area (Å²) in [6, 6.07) is 3.45. The number of rotatable bonds is 4. The topological polar surface area (TPSA) is 142 Å². The second-order valence-corrected chi connectivity index (χ2v) is 5.51. The summed E-state index contributed by atoms with van der Waals surface area (Å²) in [7, 11) is -3.03. The first-order valence-electron chi connectivity index (χ1n) is 5.52. The van der Waals surface area contributed by atoms with Crippen molar-refractivity contribution < 1.29 is 23.4 Å². The van der Waals surface area contributed by atoms with Crippen LogP contribution in [0, 0.1) is 0 Å². The fraction of sp³-hybridized carbons (Fsp3) is 0.0909. The van der Waals surface area contributed by atoms with Crippen molar-refractivity contribution in [1.82, 2.24) is 9.97 Å². The van der Waals surface area contributed by atoms with Crippen LogP contribution in [-0.4, -0.2) is 35.7 Å². The summed E-state index contributed by atoms with van der Waals surface area (Å²) >= 11 is 0. The van der Waals surface area contributed by atoms with Gasteiger partial charge in [-0.3, -0.25) is 9.52 Å². The molecule has 1 heterocycles. The summed E-state index contributed by atoms with van der Waals surface area (Å²) in [5.74, 6) is -1.86. The van der Waals surface area contributed by atoms with Crippen LogP contribution in [-0.2, 0) is 10.0 Å². The number of nitrogens with one attached hydrogen (secondary N) is 2. The SMILES string of the molecule is COc1ncc(=O)[nH]c1NS(=O)(=O)c1cccc(O)c1O. The monoisotopic (exact) mass is 313 g/mol. The van der Waals surface area contributed by atoms with Gasteiger partial charge in [0.15, 0.2) is 17.3 Å². The van der Waals surface area contributed by atoms with Gasteiger partial charge in [-0.1, -0.05) is 6.07 Å². The maximum Gasteiger partial charge on any atom is 0.268 e. The molecule has 9 nitrogen and oxygen atoms in total. The van der Waals surface area contributed by atoms with Gasteiger partial charge in [-0.25, -0.2) is 13.4 Å². The third kappa shape index (κ3) is 2.89. The molecular formula is C11H11N3O6S. The van der Waals surface area contributed by atoms with Crippen LogP contribution in [0.5, 0.6) is 17.4 Å². The van der Waals surface area contributed by atoms with Gasteiger partial charge in [-0.05, 0) is 12.1 Å². The molecule has 0 aliphatic heterocycles. The van der Waals surface area contributed by atoms with Crippen molar-refractivity contribution in [3.05, 3.63) is 34.7 Å². The number of hydrogen-bond acceptors (Lipinski definition) is 7. The van der Waals surface area contributed by atoms with Crippen LogP contribution in [0.25, 0.3) is 0 Å². The number of phenols is 2. The van der Waals surface area contributed by atoms with E-state index in [0.717, 1.165) is 18.3 Å². The lowest BCUT2D eigenvalue weighted by Crippen LogP contribution is -2.18.